The fourth-order valence-corrected chi connectivity index (χ4v) is 7.44. The Bertz CT molecular complexity index is 831. The minimum Gasteiger partial charge on any atom is -0.497 e. The van der Waals surface area contributed by atoms with Crippen LogP contribution in [0, 0.1) is 5.92 Å². The van der Waals surface area contributed by atoms with E-state index in [2.05, 4.69) is 4.99 Å². The molecule has 8 heteroatoms. The summed E-state index contributed by atoms with van der Waals surface area (Å²) < 4.78 is 29.2. The van der Waals surface area contributed by atoms with Crippen molar-refractivity contribution in [3.8, 4) is 5.75 Å². The zero-order valence-electron chi connectivity index (χ0n) is 14.6. The second-order valence-corrected chi connectivity index (χ2v) is 10.5. The molecular weight excluding hydrogens is 372 g/mol. The molecule has 0 aromatic heterocycles. The maximum Gasteiger partial charge on any atom is 0.251 e. The van der Waals surface area contributed by atoms with E-state index in [-0.39, 0.29) is 34.6 Å². The first-order valence-electron chi connectivity index (χ1n) is 8.84. The zero-order valence-corrected chi connectivity index (χ0v) is 16.3. The molecule has 1 aliphatic carbocycles. The molecule has 0 bridgehead atoms. The summed E-state index contributed by atoms with van der Waals surface area (Å²) in [6.45, 7) is 0.660. The summed E-state index contributed by atoms with van der Waals surface area (Å²) >= 11 is 1.46. The van der Waals surface area contributed by atoms with Gasteiger partial charge in [-0.3, -0.25) is 4.79 Å². The number of nitrogens with zero attached hydrogens (tertiary/aromatic N) is 2. The fraction of sp³-hybridized carbons (Fsp3) is 0.556. The molecule has 2 aliphatic heterocycles. The van der Waals surface area contributed by atoms with E-state index in [1.54, 1.807) is 7.11 Å². The van der Waals surface area contributed by atoms with Gasteiger partial charge in [0.25, 0.3) is 5.91 Å². The first kappa shape index (κ1) is 17.9. The summed E-state index contributed by atoms with van der Waals surface area (Å²) in [5.74, 6) is 1.17. The lowest BCUT2D eigenvalue weighted by Crippen LogP contribution is -2.39. The Balaban J connectivity index is 1.50. The Kier molecular flexibility index (Phi) is 4.73. The Morgan fingerprint density at radius 3 is 2.65 bits per heavy atom. The van der Waals surface area contributed by atoms with Gasteiger partial charge in [-0.15, -0.1) is 0 Å². The van der Waals surface area contributed by atoms with E-state index >= 15 is 0 Å². The number of carbonyl (C=O) groups excluding carboxylic acids is 1. The van der Waals surface area contributed by atoms with E-state index in [0.717, 1.165) is 30.6 Å². The van der Waals surface area contributed by atoms with Gasteiger partial charge in [-0.1, -0.05) is 23.9 Å². The number of carbonyl (C=O) groups is 1. The van der Waals surface area contributed by atoms with Gasteiger partial charge in [-0.25, -0.2) is 8.42 Å². The molecule has 0 radical (unpaired) electrons. The summed E-state index contributed by atoms with van der Waals surface area (Å²) in [5, 5.41) is 0.696. The summed E-state index contributed by atoms with van der Waals surface area (Å²) in [4.78, 5) is 18.5. The van der Waals surface area contributed by atoms with Crippen LogP contribution in [0.2, 0.25) is 0 Å². The largest absolute Gasteiger partial charge is 0.497 e. The van der Waals surface area contributed by atoms with Crippen molar-refractivity contribution >= 4 is 32.7 Å². The van der Waals surface area contributed by atoms with Crippen molar-refractivity contribution < 1.29 is 17.9 Å². The number of thioether (sulfide) groups is 1. The molecule has 1 saturated carbocycles. The first-order valence-corrected chi connectivity index (χ1v) is 11.5. The monoisotopic (exact) mass is 394 g/mol. The van der Waals surface area contributed by atoms with Crippen molar-refractivity contribution in [3.63, 3.8) is 0 Å². The van der Waals surface area contributed by atoms with E-state index in [4.69, 9.17) is 4.74 Å². The lowest BCUT2D eigenvalue weighted by Gasteiger charge is -2.24. The molecule has 26 heavy (non-hydrogen) atoms. The van der Waals surface area contributed by atoms with E-state index in [0.29, 0.717) is 11.7 Å². The van der Waals surface area contributed by atoms with Crippen LogP contribution in [0.15, 0.2) is 29.3 Å². The molecular formula is C18H22N2O4S2. The predicted octanol–water partition coefficient (Wildman–Crippen LogP) is 1.74. The third-order valence-electron chi connectivity index (χ3n) is 5.11. The van der Waals surface area contributed by atoms with Crippen LogP contribution in [-0.2, 0) is 21.1 Å². The lowest BCUT2D eigenvalue weighted by atomic mass is 10.1. The van der Waals surface area contributed by atoms with Gasteiger partial charge in [0.2, 0.25) is 0 Å². The van der Waals surface area contributed by atoms with Gasteiger partial charge < -0.3 is 9.64 Å². The maximum absolute atomic E-state index is 12.1. The number of fused-ring (bicyclic) bond motifs is 1. The van der Waals surface area contributed by atoms with Crippen molar-refractivity contribution in [3.05, 3.63) is 29.8 Å². The molecule has 2 heterocycles. The van der Waals surface area contributed by atoms with Crippen LogP contribution in [-0.4, -0.2) is 60.8 Å². The molecule has 1 amide bonds. The Morgan fingerprint density at radius 1 is 1.27 bits per heavy atom. The summed E-state index contributed by atoms with van der Waals surface area (Å²) in [6.07, 6.45) is 2.62. The number of rotatable bonds is 5. The molecule has 2 atom stereocenters. The van der Waals surface area contributed by atoms with Crippen LogP contribution in [0.25, 0.3) is 0 Å². The van der Waals surface area contributed by atoms with Crippen LogP contribution in [0.3, 0.4) is 0 Å². The number of hydrogen-bond donors (Lipinski definition) is 0. The predicted molar refractivity (Wildman–Crippen MR) is 102 cm³/mol. The molecule has 0 unspecified atom stereocenters. The highest BCUT2D eigenvalue weighted by Gasteiger charge is 2.48. The maximum atomic E-state index is 12.1. The first-order chi connectivity index (χ1) is 12.4. The van der Waals surface area contributed by atoms with Crippen LogP contribution in [0.4, 0.5) is 0 Å². The Labute approximate surface area is 157 Å². The number of benzene rings is 1. The Morgan fingerprint density at radius 2 is 2.00 bits per heavy atom. The third-order valence-corrected chi connectivity index (χ3v) is 8.36. The average Bonchev–Trinajstić information content (AvgIpc) is 3.35. The second-order valence-electron chi connectivity index (χ2n) is 7.10. The summed E-state index contributed by atoms with van der Waals surface area (Å²) in [7, 11) is -1.37. The fourth-order valence-electron chi connectivity index (χ4n) is 3.45. The SMILES string of the molecule is COc1ccc(CCN2C(=NC(=O)C3CC3)S[C@H]3CS(=O)(=O)C[C@H]32)cc1. The van der Waals surface area contributed by atoms with E-state index in [1.165, 1.54) is 11.8 Å². The van der Waals surface area contributed by atoms with Crippen molar-refractivity contribution in [2.45, 2.75) is 30.6 Å². The minimum atomic E-state index is -3.01. The van der Waals surface area contributed by atoms with Gasteiger partial charge in [0.1, 0.15) is 5.75 Å². The highest BCUT2D eigenvalue weighted by Crippen LogP contribution is 2.39. The minimum absolute atomic E-state index is 0.0124. The van der Waals surface area contributed by atoms with Crippen LogP contribution >= 0.6 is 11.8 Å². The summed E-state index contributed by atoms with van der Waals surface area (Å²) in [6, 6.07) is 7.79. The number of aliphatic imine (C=N–C) groups is 1. The molecule has 3 fully saturated rings. The number of ether oxygens (including phenoxy) is 1. The highest BCUT2D eigenvalue weighted by atomic mass is 32.2. The lowest BCUT2D eigenvalue weighted by molar-refractivity contribution is -0.118. The standard InChI is InChI=1S/C18H22N2O4S2/c1-24-14-6-2-12(3-7-14)8-9-20-15-10-26(22,23)11-16(15)25-18(20)19-17(21)13-4-5-13/h2-3,6-7,13,15-16H,4-5,8-11H2,1H3/t15-,16+/m1/s1. The van der Waals surface area contributed by atoms with Crippen molar-refractivity contribution in [1.29, 1.82) is 0 Å². The second kappa shape index (κ2) is 6.88. The van der Waals surface area contributed by atoms with Gasteiger partial charge in [0, 0.05) is 17.7 Å². The van der Waals surface area contributed by atoms with E-state index in [1.807, 2.05) is 29.2 Å². The van der Waals surface area contributed by atoms with Gasteiger partial charge >= 0.3 is 0 Å². The molecule has 1 aromatic rings. The highest BCUT2D eigenvalue weighted by molar-refractivity contribution is 8.15. The van der Waals surface area contributed by atoms with E-state index in [9.17, 15) is 13.2 Å². The van der Waals surface area contributed by atoms with Crippen LogP contribution in [0.5, 0.6) is 5.75 Å². The average molecular weight is 395 g/mol. The van der Waals surface area contributed by atoms with E-state index < -0.39 is 9.84 Å². The van der Waals surface area contributed by atoms with Crippen molar-refractivity contribution in [2.24, 2.45) is 10.9 Å². The molecule has 0 N–H and O–H groups in total. The molecule has 4 rings (SSSR count). The quantitative estimate of drug-likeness (QED) is 0.757. The number of sulfone groups is 1. The number of hydrogen-bond acceptors (Lipinski definition) is 5. The third kappa shape index (κ3) is 3.76. The molecule has 3 aliphatic rings. The molecule has 2 saturated heterocycles. The van der Waals surface area contributed by atoms with Gasteiger partial charge in [0.05, 0.1) is 24.7 Å². The van der Waals surface area contributed by atoms with Gasteiger partial charge in [0.15, 0.2) is 15.0 Å². The number of methoxy groups -OCH3 is 1. The Hall–Kier alpha value is -1.54. The van der Waals surface area contributed by atoms with Gasteiger partial charge in [-0.05, 0) is 37.0 Å². The van der Waals surface area contributed by atoms with Crippen LogP contribution < -0.4 is 4.74 Å². The summed E-state index contributed by atoms with van der Waals surface area (Å²) in [5.41, 5.74) is 1.15. The smallest absolute Gasteiger partial charge is 0.251 e. The normalized spacial score (nSPS) is 28.3. The van der Waals surface area contributed by atoms with Gasteiger partial charge in [-0.2, -0.15) is 4.99 Å². The molecule has 140 valence electrons. The number of amidine groups is 1. The zero-order chi connectivity index (χ0) is 18.3. The van der Waals surface area contributed by atoms with Crippen molar-refractivity contribution in [2.75, 3.05) is 25.2 Å². The molecule has 0 spiro atoms. The molecule has 1 aromatic carbocycles. The van der Waals surface area contributed by atoms with Crippen LogP contribution in [0.1, 0.15) is 18.4 Å². The number of amides is 1. The topological polar surface area (TPSA) is 76.0 Å². The molecule has 6 nitrogen and oxygen atoms in total. The van der Waals surface area contributed by atoms with Crippen molar-refractivity contribution in [1.82, 2.24) is 4.90 Å².